The predicted octanol–water partition coefficient (Wildman–Crippen LogP) is 2.27. The molecule has 3 rings (SSSR count). The fraction of sp³-hybridized carbons (Fsp3) is 0.333. The lowest BCUT2D eigenvalue weighted by Gasteiger charge is -2.32. The summed E-state index contributed by atoms with van der Waals surface area (Å²) in [5.41, 5.74) is 0.163. The number of carboxylic acids is 1. The van der Waals surface area contributed by atoms with Gasteiger partial charge in [-0.3, -0.25) is 19.4 Å². The Kier molecular flexibility index (Phi) is 6.43. The second-order valence-corrected chi connectivity index (χ2v) is 6.97. The minimum absolute atomic E-state index is 0.142. The molecule has 2 amide bonds. The predicted molar refractivity (Wildman–Crippen MR) is 105 cm³/mol. The molecule has 1 saturated heterocycles. The molecule has 152 valence electrons. The van der Waals surface area contributed by atoms with E-state index in [0.29, 0.717) is 30.9 Å². The second kappa shape index (κ2) is 9.18. The molecule has 0 saturated carbocycles. The SMILES string of the molecule is CN(CC(=O)N1CCCC(C(=O)O)C1)C(=O)c1cc(Oc2ccccc2)ccn1. The molecule has 2 aromatic rings. The Bertz CT molecular complexity index is 887. The third-order valence-corrected chi connectivity index (χ3v) is 4.77. The largest absolute Gasteiger partial charge is 0.481 e. The van der Waals surface area contributed by atoms with E-state index in [2.05, 4.69) is 4.98 Å². The van der Waals surface area contributed by atoms with Crippen molar-refractivity contribution in [3.63, 3.8) is 0 Å². The van der Waals surface area contributed by atoms with Gasteiger partial charge < -0.3 is 19.6 Å². The van der Waals surface area contributed by atoms with Gasteiger partial charge in [-0.05, 0) is 31.0 Å². The monoisotopic (exact) mass is 397 g/mol. The molecule has 0 radical (unpaired) electrons. The maximum Gasteiger partial charge on any atom is 0.308 e. The van der Waals surface area contributed by atoms with Crippen molar-refractivity contribution in [3.8, 4) is 11.5 Å². The quantitative estimate of drug-likeness (QED) is 0.803. The molecule has 1 unspecified atom stereocenters. The average molecular weight is 397 g/mol. The number of rotatable bonds is 6. The Labute approximate surface area is 168 Å². The van der Waals surface area contributed by atoms with Gasteiger partial charge in [0.2, 0.25) is 5.91 Å². The molecule has 0 spiro atoms. The highest BCUT2D eigenvalue weighted by Crippen LogP contribution is 2.21. The first-order valence-corrected chi connectivity index (χ1v) is 9.39. The Morgan fingerprint density at radius 1 is 1.21 bits per heavy atom. The molecule has 29 heavy (non-hydrogen) atoms. The summed E-state index contributed by atoms with van der Waals surface area (Å²) in [5.74, 6) is -1.03. The number of aliphatic carboxylic acids is 1. The van der Waals surface area contributed by atoms with Gasteiger partial charge in [0.15, 0.2) is 0 Å². The minimum Gasteiger partial charge on any atom is -0.481 e. The van der Waals surface area contributed by atoms with Gasteiger partial charge in [-0.2, -0.15) is 0 Å². The number of piperidine rings is 1. The van der Waals surface area contributed by atoms with Gasteiger partial charge in [-0.15, -0.1) is 0 Å². The number of ether oxygens (including phenoxy) is 1. The molecule has 0 bridgehead atoms. The number of carbonyl (C=O) groups excluding carboxylic acids is 2. The molecule has 1 aliphatic heterocycles. The fourth-order valence-corrected chi connectivity index (χ4v) is 3.19. The number of likely N-dealkylation sites (N-methyl/N-ethyl adjacent to an activating group) is 1. The van der Waals surface area contributed by atoms with E-state index >= 15 is 0 Å². The van der Waals surface area contributed by atoms with Crippen molar-refractivity contribution in [2.45, 2.75) is 12.8 Å². The maximum absolute atomic E-state index is 12.7. The number of pyridine rings is 1. The summed E-state index contributed by atoms with van der Waals surface area (Å²) in [6.45, 7) is 0.536. The smallest absolute Gasteiger partial charge is 0.308 e. The zero-order valence-corrected chi connectivity index (χ0v) is 16.2. The molecule has 8 heteroatoms. The zero-order chi connectivity index (χ0) is 20.8. The summed E-state index contributed by atoms with van der Waals surface area (Å²) in [5, 5.41) is 9.17. The van der Waals surface area contributed by atoms with Crippen LogP contribution in [0.3, 0.4) is 0 Å². The highest BCUT2D eigenvalue weighted by atomic mass is 16.5. The molecule has 0 aliphatic carbocycles. The summed E-state index contributed by atoms with van der Waals surface area (Å²) in [6.07, 6.45) is 2.68. The van der Waals surface area contributed by atoms with Gasteiger partial charge in [0, 0.05) is 32.4 Å². The molecular formula is C21H23N3O5. The van der Waals surface area contributed by atoms with Crippen LogP contribution < -0.4 is 4.74 Å². The van der Waals surface area contributed by atoms with Crippen molar-refractivity contribution in [2.24, 2.45) is 5.92 Å². The number of hydrogen-bond acceptors (Lipinski definition) is 5. The van der Waals surface area contributed by atoms with Crippen LogP contribution in [0.1, 0.15) is 23.3 Å². The topological polar surface area (TPSA) is 100 Å². The van der Waals surface area contributed by atoms with Crippen LogP contribution in [0, 0.1) is 5.92 Å². The summed E-state index contributed by atoms with van der Waals surface area (Å²) in [6, 6.07) is 12.3. The Balaban J connectivity index is 1.61. The minimum atomic E-state index is -0.897. The van der Waals surface area contributed by atoms with Gasteiger partial charge in [0.05, 0.1) is 12.5 Å². The van der Waals surface area contributed by atoms with E-state index in [-0.39, 0.29) is 24.7 Å². The summed E-state index contributed by atoms with van der Waals surface area (Å²) in [4.78, 5) is 43.2. The molecule has 1 aromatic heterocycles. The number of likely N-dealkylation sites (tertiary alicyclic amines) is 1. The lowest BCUT2D eigenvalue weighted by Crippen LogP contribution is -2.47. The Morgan fingerprint density at radius 3 is 2.69 bits per heavy atom. The standard InChI is InChI=1S/C21H23N3O5/c1-23(14-19(25)24-11-5-6-15(13-24)21(27)28)20(26)18-12-17(9-10-22-18)29-16-7-3-2-4-8-16/h2-4,7-10,12,15H,5-6,11,13-14H2,1H3,(H,27,28). The van der Waals surface area contributed by atoms with Crippen molar-refractivity contribution < 1.29 is 24.2 Å². The normalized spacial score (nSPS) is 16.2. The Morgan fingerprint density at radius 2 is 1.97 bits per heavy atom. The number of hydrogen-bond donors (Lipinski definition) is 1. The van der Waals surface area contributed by atoms with Gasteiger partial charge in [0.25, 0.3) is 5.91 Å². The molecule has 1 N–H and O–H groups in total. The van der Waals surface area contributed by atoms with E-state index in [4.69, 9.17) is 9.84 Å². The third kappa shape index (κ3) is 5.31. The molecular weight excluding hydrogens is 374 g/mol. The first-order chi connectivity index (χ1) is 13.9. The van der Waals surface area contributed by atoms with Gasteiger partial charge in [-0.25, -0.2) is 0 Å². The van der Waals surface area contributed by atoms with Crippen LogP contribution in [0.2, 0.25) is 0 Å². The van der Waals surface area contributed by atoms with Crippen molar-refractivity contribution in [2.75, 3.05) is 26.7 Å². The number of carboxylic acid groups (broad SMARTS) is 1. The molecule has 8 nitrogen and oxygen atoms in total. The van der Waals surface area contributed by atoms with E-state index < -0.39 is 17.8 Å². The van der Waals surface area contributed by atoms with Crippen molar-refractivity contribution in [3.05, 3.63) is 54.4 Å². The van der Waals surface area contributed by atoms with E-state index in [1.54, 1.807) is 18.2 Å². The number of nitrogens with zero attached hydrogens (tertiary/aromatic N) is 3. The lowest BCUT2D eigenvalue weighted by molar-refractivity contribution is -0.145. The van der Waals surface area contributed by atoms with Crippen LogP contribution in [-0.2, 0) is 9.59 Å². The lowest BCUT2D eigenvalue weighted by atomic mass is 9.98. The summed E-state index contributed by atoms with van der Waals surface area (Å²) < 4.78 is 5.72. The fourth-order valence-electron chi connectivity index (χ4n) is 3.19. The van der Waals surface area contributed by atoms with Crippen LogP contribution in [0.25, 0.3) is 0 Å². The molecule has 1 aromatic carbocycles. The first kappa shape index (κ1) is 20.3. The summed E-state index contributed by atoms with van der Waals surface area (Å²) >= 11 is 0. The second-order valence-electron chi connectivity index (χ2n) is 6.97. The van der Waals surface area contributed by atoms with Crippen molar-refractivity contribution in [1.82, 2.24) is 14.8 Å². The number of amides is 2. The summed E-state index contributed by atoms with van der Waals surface area (Å²) in [7, 11) is 1.52. The van der Waals surface area contributed by atoms with Crippen LogP contribution in [0.5, 0.6) is 11.5 Å². The number of para-hydroxylation sites is 1. The van der Waals surface area contributed by atoms with Crippen LogP contribution in [-0.4, -0.2) is 64.4 Å². The number of aromatic nitrogens is 1. The van der Waals surface area contributed by atoms with Crippen molar-refractivity contribution in [1.29, 1.82) is 0 Å². The molecule has 1 atom stereocenters. The number of benzene rings is 1. The third-order valence-electron chi connectivity index (χ3n) is 4.77. The molecule has 1 fully saturated rings. The molecule has 2 heterocycles. The van der Waals surface area contributed by atoms with E-state index in [9.17, 15) is 14.4 Å². The first-order valence-electron chi connectivity index (χ1n) is 9.39. The van der Waals surface area contributed by atoms with E-state index in [0.717, 1.165) is 0 Å². The van der Waals surface area contributed by atoms with Crippen LogP contribution in [0.4, 0.5) is 0 Å². The highest BCUT2D eigenvalue weighted by molar-refractivity contribution is 5.95. The number of carbonyl (C=O) groups is 3. The zero-order valence-electron chi connectivity index (χ0n) is 16.2. The highest BCUT2D eigenvalue weighted by Gasteiger charge is 2.29. The van der Waals surface area contributed by atoms with E-state index in [1.807, 2.05) is 18.2 Å². The van der Waals surface area contributed by atoms with Crippen molar-refractivity contribution >= 4 is 17.8 Å². The maximum atomic E-state index is 12.7. The van der Waals surface area contributed by atoms with Gasteiger partial charge in [-0.1, -0.05) is 18.2 Å². The van der Waals surface area contributed by atoms with E-state index in [1.165, 1.54) is 29.1 Å². The van der Waals surface area contributed by atoms with Crippen LogP contribution in [0.15, 0.2) is 48.7 Å². The van der Waals surface area contributed by atoms with Crippen LogP contribution >= 0.6 is 0 Å². The van der Waals surface area contributed by atoms with Gasteiger partial charge in [0.1, 0.15) is 17.2 Å². The van der Waals surface area contributed by atoms with Gasteiger partial charge >= 0.3 is 5.97 Å². The Hall–Kier alpha value is -3.42. The molecule has 1 aliphatic rings. The average Bonchev–Trinajstić information content (AvgIpc) is 2.74.